The summed E-state index contributed by atoms with van der Waals surface area (Å²) >= 11 is 0. The first kappa shape index (κ1) is 12.0. The molecule has 1 aromatic rings. The Bertz CT molecular complexity index is 435. The van der Waals surface area contributed by atoms with Gasteiger partial charge in [0, 0.05) is 19.8 Å². The van der Waals surface area contributed by atoms with E-state index in [2.05, 4.69) is 4.98 Å². The van der Waals surface area contributed by atoms with Crippen molar-refractivity contribution in [3.63, 3.8) is 0 Å². The fourth-order valence-electron chi connectivity index (χ4n) is 0.970. The predicted octanol–water partition coefficient (Wildman–Crippen LogP) is -0.167. The Balaban J connectivity index is 3.12. The van der Waals surface area contributed by atoms with E-state index >= 15 is 0 Å². The van der Waals surface area contributed by atoms with Gasteiger partial charge in [0.15, 0.2) is 5.82 Å². The summed E-state index contributed by atoms with van der Waals surface area (Å²) in [7, 11) is -2.69. The van der Waals surface area contributed by atoms with Crippen LogP contribution in [0.4, 0.5) is 4.39 Å². The van der Waals surface area contributed by atoms with Crippen LogP contribution in [-0.2, 0) is 10.0 Å². The zero-order chi connectivity index (χ0) is 11.5. The molecule has 0 unspecified atom stereocenters. The van der Waals surface area contributed by atoms with Gasteiger partial charge >= 0.3 is 0 Å². The normalized spacial score (nSPS) is 12.0. The highest BCUT2D eigenvalue weighted by Crippen LogP contribution is 2.14. The van der Waals surface area contributed by atoms with Crippen molar-refractivity contribution in [3.05, 3.63) is 24.1 Å². The average Bonchev–Trinajstić information content (AvgIpc) is 2.18. The third kappa shape index (κ3) is 2.49. The van der Waals surface area contributed by atoms with Gasteiger partial charge in [0.05, 0.1) is 6.61 Å². The molecule has 0 aliphatic carbocycles. The van der Waals surface area contributed by atoms with Gasteiger partial charge in [0.2, 0.25) is 5.03 Å². The van der Waals surface area contributed by atoms with Gasteiger partial charge in [-0.3, -0.25) is 0 Å². The number of aliphatic hydroxyl groups excluding tert-OH is 1. The molecule has 0 fully saturated rings. The Morgan fingerprint density at radius 3 is 2.80 bits per heavy atom. The molecule has 7 heteroatoms. The van der Waals surface area contributed by atoms with E-state index < -0.39 is 20.9 Å². The number of hydrogen-bond acceptors (Lipinski definition) is 4. The molecule has 1 heterocycles. The highest BCUT2D eigenvalue weighted by Gasteiger charge is 2.25. The first-order valence-electron chi connectivity index (χ1n) is 4.18. The second-order valence-electron chi connectivity index (χ2n) is 2.84. The van der Waals surface area contributed by atoms with Gasteiger partial charge in [-0.15, -0.1) is 0 Å². The van der Waals surface area contributed by atoms with Gasteiger partial charge in [-0.2, -0.15) is 4.31 Å². The molecular weight excluding hydrogens is 223 g/mol. The second kappa shape index (κ2) is 4.65. The van der Waals surface area contributed by atoms with Crippen LogP contribution in [0.25, 0.3) is 0 Å². The van der Waals surface area contributed by atoms with Crippen LogP contribution in [0, 0.1) is 5.82 Å². The van der Waals surface area contributed by atoms with Crippen LogP contribution in [0.2, 0.25) is 0 Å². The molecule has 84 valence electrons. The van der Waals surface area contributed by atoms with E-state index in [0.717, 1.165) is 10.4 Å². The lowest BCUT2D eigenvalue weighted by atomic mass is 10.5. The topological polar surface area (TPSA) is 70.5 Å². The van der Waals surface area contributed by atoms with Gasteiger partial charge < -0.3 is 5.11 Å². The van der Waals surface area contributed by atoms with Gasteiger partial charge in [-0.25, -0.2) is 17.8 Å². The van der Waals surface area contributed by atoms with E-state index in [1.54, 1.807) is 0 Å². The third-order valence-electron chi connectivity index (χ3n) is 1.79. The summed E-state index contributed by atoms with van der Waals surface area (Å²) < 4.78 is 37.3. The summed E-state index contributed by atoms with van der Waals surface area (Å²) in [6.07, 6.45) is 1.20. The molecule has 0 aliphatic rings. The summed E-state index contributed by atoms with van der Waals surface area (Å²) in [6.45, 7) is -0.428. The number of aromatic nitrogens is 1. The lowest BCUT2D eigenvalue weighted by Gasteiger charge is -2.14. The summed E-state index contributed by atoms with van der Waals surface area (Å²) in [5.74, 6) is -0.901. The van der Waals surface area contributed by atoms with Crippen LogP contribution < -0.4 is 0 Å². The first-order valence-corrected chi connectivity index (χ1v) is 5.62. The van der Waals surface area contributed by atoms with Gasteiger partial charge in [-0.05, 0) is 12.1 Å². The maximum absolute atomic E-state index is 13.2. The number of sulfonamides is 1. The van der Waals surface area contributed by atoms with Crippen molar-refractivity contribution in [1.29, 1.82) is 0 Å². The molecule has 0 radical (unpaired) electrons. The minimum absolute atomic E-state index is 0.0989. The largest absolute Gasteiger partial charge is 0.395 e. The molecule has 0 aliphatic heterocycles. The van der Waals surface area contributed by atoms with Crippen LogP contribution in [0.15, 0.2) is 23.4 Å². The number of halogens is 1. The van der Waals surface area contributed by atoms with E-state index in [4.69, 9.17) is 5.11 Å². The highest BCUT2D eigenvalue weighted by molar-refractivity contribution is 7.89. The molecule has 0 aromatic carbocycles. The minimum atomic E-state index is -3.94. The number of hydrogen-bond donors (Lipinski definition) is 1. The van der Waals surface area contributed by atoms with Crippen molar-refractivity contribution < 1.29 is 17.9 Å². The number of aliphatic hydroxyl groups is 1. The number of nitrogens with zero attached hydrogens (tertiary/aromatic N) is 2. The Kier molecular flexibility index (Phi) is 3.72. The highest BCUT2D eigenvalue weighted by atomic mass is 32.2. The van der Waals surface area contributed by atoms with Crippen molar-refractivity contribution in [2.75, 3.05) is 20.2 Å². The Labute approximate surface area is 87.2 Å². The van der Waals surface area contributed by atoms with E-state index in [1.165, 1.54) is 19.3 Å². The summed E-state index contributed by atoms with van der Waals surface area (Å²) in [5, 5.41) is 7.97. The molecule has 0 amide bonds. The lowest BCUT2D eigenvalue weighted by molar-refractivity contribution is 0.266. The van der Waals surface area contributed by atoms with Crippen molar-refractivity contribution in [1.82, 2.24) is 9.29 Å². The number of rotatable bonds is 4. The molecule has 1 aromatic heterocycles. The molecule has 1 N–H and O–H groups in total. The Morgan fingerprint density at radius 1 is 1.60 bits per heavy atom. The zero-order valence-corrected chi connectivity index (χ0v) is 8.91. The third-order valence-corrected chi connectivity index (χ3v) is 3.59. The van der Waals surface area contributed by atoms with Crippen LogP contribution in [0.1, 0.15) is 0 Å². The van der Waals surface area contributed by atoms with Gasteiger partial charge in [-0.1, -0.05) is 0 Å². The average molecular weight is 234 g/mol. The molecule has 15 heavy (non-hydrogen) atoms. The Hall–Kier alpha value is -1.05. The van der Waals surface area contributed by atoms with E-state index in [-0.39, 0.29) is 13.2 Å². The van der Waals surface area contributed by atoms with E-state index in [9.17, 15) is 12.8 Å². The van der Waals surface area contributed by atoms with Crippen molar-refractivity contribution in [3.8, 4) is 0 Å². The molecule has 0 bridgehead atoms. The van der Waals surface area contributed by atoms with Crippen LogP contribution >= 0.6 is 0 Å². The predicted molar refractivity (Wildman–Crippen MR) is 51.1 cm³/mol. The molecule has 1 rings (SSSR count). The monoisotopic (exact) mass is 234 g/mol. The number of pyridine rings is 1. The zero-order valence-electron chi connectivity index (χ0n) is 8.09. The molecule has 0 saturated heterocycles. The smallest absolute Gasteiger partial charge is 0.263 e. The molecule has 0 saturated carbocycles. The van der Waals surface area contributed by atoms with Crippen LogP contribution in [0.3, 0.4) is 0 Å². The summed E-state index contributed by atoms with van der Waals surface area (Å²) in [5.41, 5.74) is 0. The fraction of sp³-hybridized carbons (Fsp3) is 0.375. The maximum Gasteiger partial charge on any atom is 0.263 e. The first-order chi connectivity index (χ1) is 7.00. The summed E-state index contributed by atoms with van der Waals surface area (Å²) in [6, 6.07) is 2.33. The molecule has 0 spiro atoms. The molecule has 5 nitrogen and oxygen atoms in total. The fourth-order valence-corrected chi connectivity index (χ4v) is 2.10. The van der Waals surface area contributed by atoms with Gasteiger partial charge in [0.1, 0.15) is 0 Å². The van der Waals surface area contributed by atoms with Crippen molar-refractivity contribution >= 4 is 10.0 Å². The summed E-state index contributed by atoms with van der Waals surface area (Å²) in [4.78, 5) is 3.47. The van der Waals surface area contributed by atoms with Crippen molar-refractivity contribution in [2.24, 2.45) is 0 Å². The molecular formula is C8H11FN2O3S. The van der Waals surface area contributed by atoms with E-state index in [0.29, 0.717) is 0 Å². The van der Waals surface area contributed by atoms with Gasteiger partial charge in [0.25, 0.3) is 10.0 Å². The molecule has 0 atom stereocenters. The van der Waals surface area contributed by atoms with Crippen LogP contribution in [0.5, 0.6) is 0 Å². The second-order valence-corrected chi connectivity index (χ2v) is 4.80. The van der Waals surface area contributed by atoms with Crippen LogP contribution in [-0.4, -0.2) is 43.0 Å². The van der Waals surface area contributed by atoms with E-state index in [1.807, 2.05) is 0 Å². The lowest BCUT2D eigenvalue weighted by Crippen LogP contribution is -2.30. The Morgan fingerprint density at radius 2 is 2.27 bits per heavy atom. The minimum Gasteiger partial charge on any atom is -0.395 e. The number of likely N-dealkylation sites (N-methyl/N-ethyl adjacent to an activating group) is 1. The quantitative estimate of drug-likeness (QED) is 0.785. The maximum atomic E-state index is 13.2. The SMILES string of the molecule is CN(CCO)S(=O)(=O)c1ncccc1F. The van der Waals surface area contributed by atoms with Crippen molar-refractivity contribution in [2.45, 2.75) is 5.03 Å². The standard InChI is InChI=1S/C8H11FN2O3S/c1-11(5-6-12)15(13,14)8-7(9)3-2-4-10-8/h2-4,12H,5-6H2,1H3.